The molecular formula is C15H19N. The van der Waals surface area contributed by atoms with Gasteiger partial charge in [-0.15, -0.1) is 0 Å². The van der Waals surface area contributed by atoms with Gasteiger partial charge in [-0.2, -0.15) is 0 Å². The minimum atomic E-state index is 0.0921. The van der Waals surface area contributed by atoms with E-state index < -0.39 is 0 Å². The Hall–Kier alpha value is -1.50. The van der Waals surface area contributed by atoms with Crippen LogP contribution in [0, 0.1) is 6.92 Å². The van der Waals surface area contributed by atoms with Crippen LogP contribution in [0.5, 0.6) is 0 Å². The molecule has 16 heavy (non-hydrogen) atoms. The second-order valence-corrected chi connectivity index (χ2v) is 5.35. The molecule has 84 valence electrons. The van der Waals surface area contributed by atoms with Gasteiger partial charge in [0.1, 0.15) is 0 Å². The van der Waals surface area contributed by atoms with Gasteiger partial charge in [-0.1, -0.05) is 36.4 Å². The van der Waals surface area contributed by atoms with Crippen molar-refractivity contribution in [3.8, 4) is 0 Å². The normalized spacial score (nSPS) is 11.8. The summed E-state index contributed by atoms with van der Waals surface area (Å²) in [4.78, 5) is 0. The van der Waals surface area contributed by atoms with Crippen molar-refractivity contribution in [1.82, 2.24) is 0 Å². The van der Waals surface area contributed by atoms with E-state index in [4.69, 9.17) is 0 Å². The third-order valence-corrected chi connectivity index (χ3v) is 2.64. The van der Waals surface area contributed by atoms with Crippen molar-refractivity contribution >= 4 is 16.5 Å². The predicted octanol–water partition coefficient (Wildman–Crippen LogP) is 4.36. The highest BCUT2D eigenvalue weighted by Crippen LogP contribution is 2.29. The lowest BCUT2D eigenvalue weighted by Gasteiger charge is -2.24. The number of hydrogen-bond donors (Lipinski definition) is 1. The van der Waals surface area contributed by atoms with Crippen molar-refractivity contribution in [2.75, 3.05) is 5.32 Å². The second kappa shape index (κ2) is 3.82. The van der Waals surface area contributed by atoms with Crippen molar-refractivity contribution in [3.05, 3.63) is 42.0 Å². The summed E-state index contributed by atoms with van der Waals surface area (Å²) in [6.45, 7) is 8.72. The average Bonchev–Trinajstić information content (AvgIpc) is 2.21. The SMILES string of the molecule is Cc1ccc2ccccc2c1NC(C)(C)C. The summed E-state index contributed by atoms with van der Waals surface area (Å²) < 4.78 is 0. The van der Waals surface area contributed by atoms with Gasteiger partial charge in [-0.25, -0.2) is 0 Å². The minimum absolute atomic E-state index is 0.0921. The van der Waals surface area contributed by atoms with Gasteiger partial charge in [0.2, 0.25) is 0 Å². The van der Waals surface area contributed by atoms with Crippen LogP contribution in [0.15, 0.2) is 36.4 Å². The topological polar surface area (TPSA) is 12.0 Å². The van der Waals surface area contributed by atoms with E-state index in [9.17, 15) is 0 Å². The van der Waals surface area contributed by atoms with E-state index in [1.807, 2.05) is 0 Å². The van der Waals surface area contributed by atoms with E-state index in [1.165, 1.54) is 22.0 Å². The fourth-order valence-corrected chi connectivity index (χ4v) is 1.92. The van der Waals surface area contributed by atoms with Crippen molar-refractivity contribution in [3.63, 3.8) is 0 Å². The molecule has 1 N–H and O–H groups in total. The van der Waals surface area contributed by atoms with Gasteiger partial charge in [0.05, 0.1) is 0 Å². The smallest absolute Gasteiger partial charge is 0.0453 e. The molecule has 0 bridgehead atoms. The molecule has 0 aliphatic carbocycles. The van der Waals surface area contributed by atoms with E-state index in [0.717, 1.165) is 0 Å². The summed E-state index contributed by atoms with van der Waals surface area (Å²) in [6, 6.07) is 12.9. The number of rotatable bonds is 1. The van der Waals surface area contributed by atoms with Crippen LogP contribution in [0.1, 0.15) is 26.3 Å². The van der Waals surface area contributed by atoms with Crippen LogP contribution in [-0.2, 0) is 0 Å². The standard InChI is InChI=1S/C15H19N/c1-11-9-10-12-7-5-6-8-13(12)14(11)16-15(2,3)4/h5-10,16H,1-4H3. The molecule has 0 aromatic heterocycles. The number of hydrogen-bond acceptors (Lipinski definition) is 1. The molecule has 2 aromatic rings. The van der Waals surface area contributed by atoms with Crippen LogP contribution in [0.3, 0.4) is 0 Å². The van der Waals surface area contributed by atoms with E-state index in [1.54, 1.807) is 0 Å². The maximum absolute atomic E-state index is 3.59. The summed E-state index contributed by atoms with van der Waals surface area (Å²) in [5, 5.41) is 6.19. The molecule has 0 aliphatic heterocycles. The quantitative estimate of drug-likeness (QED) is 0.742. The molecule has 0 fully saturated rings. The van der Waals surface area contributed by atoms with Gasteiger partial charge in [0, 0.05) is 16.6 Å². The number of anilines is 1. The molecule has 0 heterocycles. The second-order valence-electron chi connectivity index (χ2n) is 5.35. The minimum Gasteiger partial charge on any atom is -0.380 e. The maximum atomic E-state index is 3.59. The van der Waals surface area contributed by atoms with Crippen LogP contribution in [0.4, 0.5) is 5.69 Å². The number of aryl methyl sites for hydroxylation is 1. The molecule has 1 heteroatoms. The Morgan fingerprint density at radius 3 is 2.31 bits per heavy atom. The lowest BCUT2D eigenvalue weighted by Crippen LogP contribution is -2.26. The van der Waals surface area contributed by atoms with Crippen molar-refractivity contribution in [2.24, 2.45) is 0 Å². The third-order valence-electron chi connectivity index (χ3n) is 2.64. The van der Waals surface area contributed by atoms with Gasteiger partial charge >= 0.3 is 0 Å². The molecule has 0 unspecified atom stereocenters. The summed E-state index contributed by atoms with van der Waals surface area (Å²) in [5.74, 6) is 0. The van der Waals surface area contributed by atoms with Crippen LogP contribution < -0.4 is 5.32 Å². The van der Waals surface area contributed by atoms with Crippen molar-refractivity contribution in [2.45, 2.75) is 33.2 Å². The molecule has 2 rings (SSSR count). The van der Waals surface area contributed by atoms with Gasteiger partial charge in [-0.05, 0) is 38.6 Å². The zero-order chi connectivity index (χ0) is 11.8. The Morgan fingerprint density at radius 2 is 1.62 bits per heavy atom. The highest BCUT2D eigenvalue weighted by atomic mass is 15.0. The van der Waals surface area contributed by atoms with Gasteiger partial charge < -0.3 is 5.32 Å². The third kappa shape index (κ3) is 2.19. The van der Waals surface area contributed by atoms with Crippen LogP contribution in [-0.4, -0.2) is 5.54 Å². The highest BCUT2D eigenvalue weighted by Gasteiger charge is 2.12. The Labute approximate surface area is 97.5 Å². The van der Waals surface area contributed by atoms with Gasteiger partial charge in [0.15, 0.2) is 0 Å². The number of nitrogens with one attached hydrogen (secondary N) is 1. The summed E-state index contributed by atoms with van der Waals surface area (Å²) in [7, 11) is 0. The molecule has 0 spiro atoms. The maximum Gasteiger partial charge on any atom is 0.0453 e. The Balaban J connectivity index is 2.62. The monoisotopic (exact) mass is 213 g/mol. The van der Waals surface area contributed by atoms with Crippen LogP contribution in [0.25, 0.3) is 10.8 Å². The predicted molar refractivity (Wildman–Crippen MR) is 72.1 cm³/mol. The van der Waals surface area contributed by atoms with Gasteiger partial charge in [0.25, 0.3) is 0 Å². The van der Waals surface area contributed by atoms with E-state index in [0.29, 0.717) is 0 Å². The Kier molecular flexibility index (Phi) is 2.63. The molecule has 0 atom stereocenters. The molecule has 0 radical (unpaired) electrons. The molecular weight excluding hydrogens is 194 g/mol. The molecule has 2 aromatic carbocycles. The Bertz CT molecular complexity index is 506. The van der Waals surface area contributed by atoms with E-state index in [-0.39, 0.29) is 5.54 Å². The first-order valence-corrected chi connectivity index (χ1v) is 5.74. The van der Waals surface area contributed by atoms with Gasteiger partial charge in [-0.3, -0.25) is 0 Å². The van der Waals surface area contributed by atoms with Crippen LogP contribution >= 0.6 is 0 Å². The van der Waals surface area contributed by atoms with E-state index >= 15 is 0 Å². The molecule has 1 nitrogen and oxygen atoms in total. The molecule has 0 amide bonds. The first-order chi connectivity index (χ1) is 7.47. The first kappa shape index (κ1) is 11.0. The zero-order valence-corrected chi connectivity index (χ0v) is 10.5. The molecule has 0 saturated heterocycles. The van der Waals surface area contributed by atoms with E-state index in [2.05, 4.69) is 69.4 Å². The fourth-order valence-electron chi connectivity index (χ4n) is 1.92. The van der Waals surface area contributed by atoms with Crippen LogP contribution in [0.2, 0.25) is 0 Å². The summed E-state index contributed by atoms with van der Waals surface area (Å²) >= 11 is 0. The largest absolute Gasteiger partial charge is 0.380 e. The average molecular weight is 213 g/mol. The number of fused-ring (bicyclic) bond motifs is 1. The fraction of sp³-hybridized carbons (Fsp3) is 0.333. The zero-order valence-electron chi connectivity index (χ0n) is 10.5. The molecule has 0 saturated carbocycles. The lowest BCUT2D eigenvalue weighted by atomic mass is 10.0. The first-order valence-electron chi connectivity index (χ1n) is 5.74. The summed E-state index contributed by atoms with van der Waals surface area (Å²) in [6.07, 6.45) is 0. The Morgan fingerprint density at radius 1 is 0.938 bits per heavy atom. The number of benzene rings is 2. The molecule has 0 aliphatic rings. The highest BCUT2D eigenvalue weighted by molar-refractivity contribution is 5.95. The summed E-state index contributed by atoms with van der Waals surface area (Å²) in [5.41, 5.74) is 2.65. The van der Waals surface area contributed by atoms with Crippen molar-refractivity contribution < 1.29 is 0 Å². The van der Waals surface area contributed by atoms with Crippen molar-refractivity contribution in [1.29, 1.82) is 0 Å². The lowest BCUT2D eigenvalue weighted by molar-refractivity contribution is 0.634.